The zero-order chi connectivity index (χ0) is 14.2. The summed E-state index contributed by atoms with van der Waals surface area (Å²) in [7, 11) is 0. The van der Waals surface area contributed by atoms with Crippen molar-refractivity contribution in [1.82, 2.24) is 14.5 Å². The number of hydrogen-bond donors (Lipinski definition) is 1. The zero-order valence-corrected chi connectivity index (χ0v) is 10.4. The number of carbonyl (C=O) groups excluding carboxylic acids is 1. The highest BCUT2D eigenvalue weighted by molar-refractivity contribution is 5.87. The predicted molar refractivity (Wildman–Crippen MR) is 71.3 cm³/mol. The second-order valence-electron chi connectivity index (χ2n) is 4.31. The predicted octanol–water partition coefficient (Wildman–Crippen LogP) is 1.59. The Bertz CT molecular complexity index is 771. The number of amides is 1. The number of aromatic nitrogens is 3. The van der Waals surface area contributed by atoms with Gasteiger partial charge in [-0.2, -0.15) is 0 Å². The van der Waals surface area contributed by atoms with Gasteiger partial charge in [0.15, 0.2) is 5.65 Å². The molecule has 0 fully saturated rings. The molecule has 0 aliphatic carbocycles. The van der Waals surface area contributed by atoms with Crippen LogP contribution in [-0.4, -0.2) is 20.4 Å². The van der Waals surface area contributed by atoms with E-state index in [0.29, 0.717) is 5.52 Å². The molecule has 0 saturated heterocycles. The number of halogens is 1. The number of imidazole rings is 1. The Balaban J connectivity index is 2.29. The highest BCUT2D eigenvalue weighted by Gasteiger charge is 2.42. The summed E-state index contributed by atoms with van der Waals surface area (Å²) in [5.41, 5.74) is 6.19. The first-order valence-corrected chi connectivity index (χ1v) is 5.97. The minimum absolute atomic E-state index is 0.137. The fourth-order valence-electron chi connectivity index (χ4n) is 2.13. The highest BCUT2D eigenvalue weighted by atomic mass is 19.1. The quantitative estimate of drug-likeness (QED) is 0.785. The lowest BCUT2D eigenvalue weighted by Gasteiger charge is -2.23. The van der Waals surface area contributed by atoms with Gasteiger partial charge in [-0.05, 0) is 12.1 Å². The van der Waals surface area contributed by atoms with Crippen LogP contribution < -0.4 is 5.73 Å². The number of nitrogens with two attached hydrogens (primary N) is 1. The van der Waals surface area contributed by atoms with Gasteiger partial charge in [-0.1, -0.05) is 30.3 Å². The van der Waals surface area contributed by atoms with E-state index in [0.717, 1.165) is 4.57 Å². The number of benzene rings is 1. The van der Waals surface area contributed by atoms with Crippen molar-refractivity contribution in [3.63, 3.8) is 0 Å². The van der Waals surface area contributed by atoms with Gasteiger partial charge in [-0.3, -0.25) is 9.36 Å². The van der Waals surface area contributed by atoms with Crippen LogP contribution in [0.1, 0.15) is 5.56 Å². The molecular formula is C14H11FN4O. The number of fused-ring (bicyclic) bond motifs is 1. The first-order valence-electron chi connectivity index (χ1n) is 5.97. The molecule has 2 heterocycles. The van der Waals surface area contributed by atoms with Gasteiger partial charge in [0.05, 0.1) is 0 Å². The van der Waals surface area contributed by atoms with E-state index in [-0.39, 0.29) is 11.2 Å². The van der Waals surface area contributed by atoms with Gasteiger partial charge < -0.3 is 5.73 Å². The molecule has 1 aromatic carbocycles. The first kappa shape index (κ1) is 12.3. The molecule has 5 nitrogen and oxygen atoms in total. The van der Waals surface area contributed by atoms with Gasteiger partial charge in [0, 0.05) is 11.8 Å². The maximum Gasteiger partial charge on any atom is 0.293 e. The largest absolute Gasteiger partial charge is 0.365 e. The molecule has 0 bridgehead atoms. The molecule has 0 spiro atoms. The van der Waals surface area contributed by atoms with Crippen LogP contribution in [0, 0.1) is 0 Å². The Morgan fingerprint density at radius 2 is 1.90 bits per heavy atom. The second-order valence-corrected chi connectivity index (χ2v) is 4.31. The smallest absolute Gasteiger partial charge is 0.293 e. The Morgan fingerprint density at radius 3 is 2.60 bits per heavy atom. The summed E-state index contributed by atoms with van der Waals surface area (Å²) in [5, 5.41) is 0. The summed E-state index contributed by atoms with van der Waals surface area (Å²) in [6.45, 7) is 0. The normalized spacial score (nSPS) is 14.1. The van der Waals surface area contributed by atoms with Crippen molar-refractivity contribution in [3.8, 4) is 0 Å². The number of nitrogens with zero attached hydrogens (tertiary/aromatic N) is 3. The Morgan fingerprint density at radius 1 is 1.15 bits per heavy atom. The molecule has 3 aromatic rings. The van der Waals surface area contributed by atoms with Crippen LogP contribution in [0.3, 0.4) is 0 Å². The molecule has 20 heavy (non-hydrogen) atoms. The number of pyridine rings is 1. The van der Waals surface area contributed by atoms with Gasteiger partial charge in [0.2, 0.25) is 0 Å². The molecule has 2 aromatic heterocycles. The van der Waals surface area contributed by atoms with Crippen molar-refractivity contribution in [1.29, 1.82) is 0 Å². The monoisotopic (exact) mass is 270 g/mol. The van der Waals surface area contributed by atoms with Crippen LogP contribution in [0.15, 0.2) is 55.0 Å². The molecule has 0 radical (unpaired) electrons. The average Bonchev–Trinajstić information content (AvgIpc) is 2.91. The van der Waals surface area contributed by atoms with Gasteiger partial charge in [-0.15, -0.1) is 0 Å². The molecule has 100 valence electrons. The maximum absolute atomic E-state index is 15.4. The summed E-state index contributed by atoms with van der Waals surface area (Å²) < 4.78 is 16.4. The molecule has 0 aliphatic heterocycles. The van der Waals surface area contributed by atoms with Crippen LogP contribution in [0.5, 0.6) is 0 Å². The second kappa shape index (κ2) is 4.41. The summed E-state index contributed by atoms with van der Waals surface area (Å²) in [6, 6.07) is 11.4. The van der Waals surface area contributed by atoms with Crippen LogP contribution >= 0.6 is 0 Å². The summed E-state index contributed by atoms with van der Waals surface area (Å²) in [5.74, 6) is -3.64. The van der Waals surface area contributed by atoms with E-state index in [1.165, 1.54) is 24.7 Å². The topological polar surface area (TPSA) is 73.8 Å². The molecule has 1 atom stereocenters. The number of primary amides is 1. The molecule has 3 rings (SSSR count). The molecule has 0 saturated carbocycles. The number of alkyl halides is 1. The summed E-state index contributed by atoms with van der Waals surface area (Å²) in [6.07, 6.45) is 2.74. The third kappa shape index (κ3) is 1.65. The first-order chi connectivity index (χ1) is 9.64. The van der Waals surface area contributed by atoms with E-state index in [4.69, 9.17) is 5.73 Å². The standard InChI is InChI=1S/C14H11FN4O/c15-14(13(16)20,10-5-2-1-3-6-10)19-9-18-11-7-4-8-17-12(11)19/h1-9H,(H2,16,20). The molecule has 6 heteroatoms. The third-order valence-electron chi connectivity index (χ3n) is 3.12. The van der Waals surface area contributed by atoms with Crippen molar-refractivity contribution < 1.29 is 9.18 Å². The Kier molecular flexibility index (Phi) is 2.71. The Hall–Kier alpha value is -2.76. The highest BCUT2D eigenvalue weighted by Crippen LogP contribution is 2.30. The number of rotatable bonds is 3. The summed E-state index contributed by atoms with van der Waals surface area (Å²) in [4.78, 5) is 19.8. The van der Waals surface area contributed by atoms with Gasteiger partial charge in [0.25, 0.3) is 11.7 Å². The third-order valence-corrected chi connectivity index (χ3v) is 3.12. The van der Waals surface area contributed by atoms with Crippen molar-refractivity contribution >= 4 is 17.1 Å². The van der Waals surface area contributed by atoms with Gasteiger partial charge >= 0.3 is 0 Å². The van der Waals surface area contributed by atoms with E-state index in [1.807, 2.05) is 0 Å². The Labute approximate surface area is 113 Å². The fourth-order valence-corrected chi connectivity index (χ4v) is 2.13. The maximum atomic E-state index is 15.4. The number of hydrogen-bond acceptors (Lipinski definition) is 3. The van der Waals surface area contributed by atoms with E-state index in [1.54, 1.807) is 30.3 Å². The fraction of sp³-hybridized carbons (Fsp3) is 0.0714. The van der Waals surface area contributed by atoms with Crippen molar-refractivity contribution in [2.45, 2.75) is 5.79 Å². The minimum Gasteiger partial charge on any atom is -0.365 e. The van der Waals surface area contributed by atoms with Gasteiger partial charge in [0.1, 0.15) is 11.8 Å². The lowest BCUT2D eigenvalue weighted by atomic mass is 10.0. The molecule has 1 unspecified atom stereocenters. The minimum atomic E-state index is -2.52. The van der Waals surface area contributed by atoms with Crippen LogP contribution in [0.25, 0.3) is 11.2 Å². The van der Waals surface area contributed by atoms with Crippen molar-refractivity contribution in [2.24, 2.45) is 5.73 Å². The van der Waals surface area contributed by atoms with Crippen molar-refractivity contribution in [3.05, 3.63) is 60.6 Å². The SMILES string of the molecule is NC(=O)C(F)(c1ccccc1)n1cnc2cccnc21. The lowest BCUT2D eigenvalue weighted by Crippen LogP contribution is -2.43. The van der Waals surface area contributed by atoms with Crippen LogP contribution in [0.4, 0.5) is 4.39 Å². The number of carbonyl (C=O) groups is 1. The summed E-state index contributed by atoms with van der Waals surface area (Å²) >= 11 is 0. The average molecular weight is 270 g/mol. The molecule has 0 aliphatic rings. The molecule has 2 N–H and O–H groups in total. The lowest BCUT2D eigenvalue weighted by molar-refractivity contribution is -0.132. The van der Waals surface area contributed by atoms with E-state index in [2.05, 4.69) is 9.97 Å². The van der Waals surface area contributed by atoms with Crippen molar-refractivity contribution in [2.75, 3.05) is 0 Å². The van der Waals surface area contributed by atoms with E-state index in [9.17, 15) is 4.79 Å². The molecular weight excluding hydrogens is 259 g/mol. The van der Waals surface area contributed by atoms with Crippen LogP contribution in [0.2, 0.25) is 0 Å². The zero-order valence-electron chi connectivity index (χ0n) is 10.4. The van der Waals surface area contributed by atoms with E-state index >= 15 is 4.39 Å². The van der Waals surface area contributed by atoms with Gasteiger partial charge in [-0.25, -0.2) is 14.4 Å². The van der Waals surface area contributed by atoms with Crippen LogP contribution in [-0.2, 0) is 10.6 Å². The van der Waals surface area contributed by atoms with E-state index < -0.39 is 11.7 Å². The molecule has 1 amide bonds.